The van der Waals surface area contributed by atoms with Crippen LogP contribution in [-0.4, -0.2) is 257 Å². The molecule has 528 valence electrons. The van der Waals surface area contributed by atoms with Crippen LogP contribution in [0.3, 0.4) is 0 Å². The molecule has 5 fully saturated rings. The van der Waals surface area contributed by atoms with Crippen LogP contribution in [-0.2, 0) is 76.1 Å². The molecule has 1 saturated carbocycles. The van der Waals surface area contributed by atoms with Crippen molar-refractivity contribution in [3.05, 3.63) is 47.6 Å². The van der Waals surface area contributed by atoms with Crippen LogP contribution < -0.4 is 0 Å². The molecule has 27 nitrogen and oxygen atoms in total. The molecule has 3 unspecified atom stereocenters. The average molecular weight is 1330 g/mol. The number of ether oxygens (including phenoxy) is 11. The van der Waals surface area contributed by atoms with E-state index in [-0.39, 0.29) is 62.4 Å². The van der Waals surface area contributed by atoms with Crippen molar-refractivity contribution in [1.29, 1.82) is 0 Å². The smallest absolute Gasteiger partial charge is 0.460 e. The molecular weight excluding hydrogens is 1220 g/mol. The molecular formula is C66H103NO26. The zero-order valence-electron chi connectivity index (χ0n) is 55.3. The molecule has 24 atom stereocenters. The van der Waals surface area contributed by atoms with Crippen LogP contribution in [0, 0.1) is 35.5 Å². The standard InChI is InChI=1S/C66H103NO26/c1-35-16-12-11-13-17-36(2)47(83-8)30-43-21-19-41(7)66(82,92-43)60(77)61(78)67-23-15-14-18-44(67)62(79)90-48(31-45(69)37(3)27-40(6)53(71)58(85-10)52(70)39(5)26-35)38(4)28-42-20-22-46(49(29-42)84-9)86-24-25-87-64(80)89-34-65(81)59(76)55(73)51(93-65)33-88-63-57(75)56(74)54(72)50(32-68)91-63/h11-13,16-17,27,35,37-39,41-44,46-51,53-59,63,68,71-76,81-82H,14-15,18-26,28-34H2,1-10H3/b13-11+,16-12+,36-17+,40-27+/t35-,37-,38-,39-,41-,42?,43+,44?,46-,47+,48+,49-,50-,51-,53-,54-,55-,56+,57-,58+,59+,63?,65-,66-/m1/s1. The highest BCUT2D eigenvalue weighted by Crippen LogP contribution is 2.39. The molecule has 4 saturated heterocycles. The van der Waals surface area contributed by atoms with Crippen LogP contribution in [0.25, 0.3) is 0 Å². The average Bonchev–Trinajstić information content (AvgIpc) is 1.60. The number of rotatable bonds is 16. The first-order valence-electron chi connectivity index (χ1n) is 32.6. The lowest BCUT2D eigenvalue weighted by Gasteiger charge is -2.42. The maximum atomic E-state index is 14.7. The first kappa shape index (κ1) is 77.5. The zero-order chi connectivity index (χ0) is 68.6. The molecule has 1 amide bonds. The highest BCUT2D eigenvalue weighted by atomic mass is 16.8. The fraction of sp³-hybridized carbons (Fsp3) is 0.788. The Morgan fingerprint density at radius 3 is 2.17 bits per heavy atom. The van der Waals surface area contributed by atoms with Crippen molar-refractivity contribution in [3.8, 4) is 0 Å². The maximum absolute atomic E-state index is 14.7. The van der Waals surface area contributed by atoms with E-state index in [9.17, 15) is 74.7 Å². The molecule has 0 aromatic rings. The second kappa shape index (κ2) is 35.7. The molecule has 93 heavy (non-hydrogen) atoms. The summed E-state index contributed by atoms with van der Waals surface area (Å²) >= 11 is 0. The summed E-state index contributed by atoms with van der Waals surface area (Å²) in [5.74, 6) is -11.6. The summed E-state index contributed by atoms with van der Waals surface area (Å²) in [4.78, 5) is 85.7. The highest BCUT2D eigenvalue weighted by molar-refractivity contribution is 6.39. The van der Waals surface area contributed by atoms with E-state index in [2.05, 4.69) is 0 Å². The topological polar surface area (TPSA) is 389 Å². The van der Waals surface area contributed by atoms with Crippen molar-refractivity contribution >= 4 is 35.4 Å². The van der Waals surface area contributed by atoms with Gasteiger partial charge < -0.3 is 103 Å². The van der Waals surface area contributed by atoms with Gasteiger partial charge in [0.15, 0.2) is 18.7 Å². The van der Waals surface area contributed by atoms with Crippen molar-refractivity contribution in [1.82, 2.24) is 4.90 Å². The summed E-state index contributed by atoms with van der Waals surface area (Å²) in [6.07, 6.45) is -5.09. The third-order valence-corrected chi connectivity index (χ3v) is 19.3. The largest absolute Gasteiger partial charge is 0.508 e. The van der Waals surface area contributed by atoms with Crippen LogP contribution in [0.15, 0.2) is 47.6 Å². The lowest BCUT2D eigenvalue weighted by Crippen LogP contribution is -2.61. The summed E-state index contributed by atoms with van der Waals surface area (Å²) in [6.45, 7) is 9.59. The van der Waals surface area contributed by atoms with Crippen molar-refractivity contribution < 1.29 is 127 Å². The Bertz CT molecular complexity index is 2600. The van der Waals surface area contributed by atoms with Gasteiger partial charge in [0.05, 0.1) is 44.2 Å². The number of aliphatic hydroxyl groups is 9. The number of carbonyl (C=O) groups is 6. The van der Waals surface area contributed by atoms with Gasteiger partial charge in [-0.1, -0.05) is 71.1 Å². The van der Waals surface area contributed by atoms with E-state index in [1.165, 1.54) is 14.2 Å². The minimum atomic E-state index is -2.64. The number of methoxy groups -OCH3 is 3. The number of fused-ring (bicyclic) bond motifs is 3. The van der Waals surface area contributed by atoms with Gasteiger partial charge in [-0.05, 0) is 107 Å². The van der Waals surface area contributed by atoms with Crippen LogP contribution in [0.5, 0.6) is 0 Å². The Kier molecular flexibility index (Phi) is 29.7. The van der Waals surface area contributed by atoms with E-state index in [0.29, 0.717) is 63.4 Å². The number of allylic oxidation sites excluding steroid dienone is 6. The summed E-state index contributed by atoms with van der Waals surface area (Å²) in [6, 6.07) is -1.24. The molecule has 0 aromatic heterocycles. The minimum absolute atomic E-state index is 0.0126. The van der Waals surface area contributed by atoms with Crippen LogP contribution in [0.2, 0.25) is 0 Å². The van der Waals surface area contributed by atoms with Gasteiger partial charge in [0.1, 0.15) is 79.5 Å². The number of nitrogens with zero attached hydrogens (tertiary/aromatic N) is 1. The summed E-state index contributed by atoms with van der Waals surface area (Å²) in [5, 5.41) is 95.7. The zero-order valence-corrected chi connectivity index (χ0v) is 55.3. The normalized spacial score (nSPS) is 41.6. The van der Waals surface area contributed by atoms with Crippen molar-refractivity contribution in [3.63, 3.8) is 0 Å². The maximum Gasteiger partial charge on any atom is 0.508 e. The van der Waals surface area contributed by atoms with E-state index in [4.69, 9.17) is 52.1 Å². The fourth-order valence-electron chi connectivity index (χ4n) is 13.3. The van der Waals surface area contributed by atoms with Gasteiger partial charge in [0, 0.05) is 58.5 Å². The number of hydrogen-bond acceptors (Lipinski definition) is 26. The predicted molar refractivity (Wildman–Crippen MR) is 328 cm³/mol. The van der Waals surface area contributed by atoms with Crippen molar-refractivity contribution in [2.75, 3.05) is 60.9 Å². The molecule has 0 radical (unpaired) electrons. The third-order valence-electron chi connectivity index (χ3n) is 19.3. The fourth-order valence-corrected chi connectivity index (χ4v) is 13.3. The monoisotopic (exact) mass is 1330 g/mol. The number of piperidine rings is 1. The number of aliphatic hydroxyl groups excluding tert-OH is 7. The van der Waals surface area contributed by atoms with E-state index < -0.39 is 177 Å². The predicted octanol–water partition coefficient (Wildman–Crippen LogP) is 1.98. The van der Waals surface area contributed by atoms with Gasteiger partial charge in [-0.25, -0.2) is 9.59 Å². The second-order valence-electron chi connectivity index (χ2n) is 26.3. The number of cyclic esters (lactones) is 1. The van der Waals surface area contributed by atoms with Gasteiger partial charge in [0.2, 0.25) is 11.6 Å². The Balaban J connectivity index is 1.11. The molecule has 9 N–H and O–H groups in total. The first-order valence-corrected chi connectivity index (χ1v) is 32.6. The van der Waals surface area contributed by atoms with E-state index in [1.54, 1.807) is 40.9 Å². The lowest BCUT2D eigenvalue weighted by atomic mass is 9.78. The van der Waals surface area contributed by atoms with Gasteiger partial charge in [-0.15, -0.1) is 0 Å². The number of amides is 1. The second-order valence-corrected chi connectivity index (χ2v) is 26.3. The number of esters is 1. The summed E-state index contributed by atoms with van der Waals surface area (Å²) in [7, 11) is 4.41. The van der Waals surface area contributed by atoms with Gasteiger partial charge >= 0.3 is 12.1 Å². The van der Waals surface area contributed by atoms with Crippen molar-refractivity contribution in [2.45, 2.75) is 235 Å². The SMILES string of the molecule is CO[C@H]1C[C@@H]2CC[C@@H](C)[C@@](O)(O2)C(=O)C(=O)N2CCCCC2C(=O)O[C@H]([C@H](C)CC2CC[C@@H](OCCOC(=O)OC[C@@]3(O)O[C@H](COC4O[C@H](CO)[C@@H](O)[C@H](O)[C@H]4O)[C@@H](O)[C@@H]3O)[C@H](OC)C2)CC(=O)[C@H](C)/C=C(\C)[C@@H](O)[C@@H](OC)C(=O)[C@H](C)C[C@H](C)/C=C/C=C/C=C/1C. The molecule has 5 aliphatic heterocycles. The lowest BCUT2D eigenvalue weighted by molar-refractivity contribution is -0.310. The van der Waals surface area contributed by atoms with E-state index in [0.717, 1.165) is 10.5 Å². The van der Waals surface area contributed by atoms with Crippen molar-refractivity contribution in [2.24, 2.45) is 35.5 Å². The molecule has 2 bridgehead atoms. The molecule has 6 rings (SSSR count). The van der Waals surface area contributed by atoms with Gasteiger partial charge in [0.25, 0.3) is 11.7 Å². The third kappa shape index (κ3) is 20.1. The van der Waals surface area contributed by atoms with Gasteiger partial charge in [-0.3, -0.25) is 19.2 Å². The Labute approximate surface area is 544 Å². The number of ketones is 3. The van der Waals surface area contributed by atoms with Crippen LogP contribution in [0.4, 0.5) is 4.79 Å². The molecule has 0 spiro atoms. The molecule has 5 heterocycles. The number of hydrogen-bond donors (Lipinski definition) is 9. The van der Waals surface area contributed by atoms with E-state index >= 15 is 0 Å². The summed E-state index contributed by atoms with van der Waals surface area (Å²) in [5.41, 5.74) is 1.16. The Hall–Kier alpha value is -4.50. The molecule has 27 heteroatoms. The molecule has 6 aliphatic rings. The number of Topliss-reactive ketones (excluding diaryl/α,β-unsaturated/α-hetero) is 3. The van der Waals surface area contributed by atoms with Crippen LogP contribution in [0.1, 0.15) is 126 Å². The van der Waals surface area contributed by atoms with Crippen LogP contribution >= 0.6 is 0 Å². The minimum Gasteiger partial charge on any atom is -0.460 e. The van der Waals surface area contributed by atoms with Gasteiger partial charge in [-0.2, -0.15) is 0 Å². The quantitative estimate of drug-likeness (QED) is 0.0462. The highest BCUT2D eigenvalue weighted by Gasteiger charge is 2.56. The summed E-state index contributed by atoms with van der Waals surface area (Å²) < 4.78 is 62.1. The molecule has 0 aromatic carbocycles. The van der Waals surface area contributed by atoms with E-state index in [1.807, 2.05) is 51.2 Å². The molecule has 1 aliphatic carbocycles. The Morgan fingerprint density at radius 1 is 0.753 bits per heavy atom. The number of carbonyl (C=O) groups excluding carboxylic acids is 6. The Morgan fingerprint density at radius 2 is 1.48 bits per heavy atom. The first-order chi connectivity index (χ1) is 44.0.